The topological polar surface area (TPSA) is 127 Å². The van der Waals surface area contributed by atoms with E-state index in [4.69, 9.17) is 5.73 Å². The summed E-state index contributed by atoms with van der Waals surface area (Å²) in [6.45, 7) is 5.44. The molecule has 4 N–H and O–H groups in total. The summed E-state index contributed by atoms with van der Waals surface area (Å²) in [6, 6.07) is 0.588. The summed E-state index contributed by atoms with van der Waals surface area (Å²) in [7, 11) is -3.90. The van der Waals surface area contributed by atoms with Gasteiger partial charge in [-0.1, -0.05) is 38.0 Å². The van der Waals surface area contributed by atoms with Crippen molar-refractivity contribution in [1.82, 2.24) is 24.3 Å². The zero-order valence-corrected chi connectivity index (χ0v) is 21.4. The molecule has 1 saturated carbocycles. The molecule has 0 bridgehead atoms. The fraction of sp³-hybridized carbons (Fsp3) is 0.571. The van der Waals surface area contributed by atoms with E-state index < -0.39 is 39.7 Å². The molecule has 198 valence electrons. The summed E-state index contributed by atoms with van der Waals surface area (Å²) in [5.74, 6) is 0. The number of imidazole rings is 1. The molecule has 1 aliphatic rings. The van der Waals surface area contributed by atoms with Crippen LogP contribution in [0.2, 0.25) is 0 Å². The zero-order chi connectivity index (χ0) is 25.8. The Hall–Kier alpha value is -2.29. The van der Waals surface area contributed by atoms with Crippen LogP contribution in [0.5, 0.6) is 0 Å². The van der Waals surface area contributed by atoms with Crippen LogP contribution in [0.4, 0.5) is 18.9 Å². The van der Waals surface area contributed by atoms with Gasteiger partial charge in [-0.15, -0.1) is 10.2 Å². The average molecular weight is 538 g/mol. The number of sulfonamides is 1. The Labute approximate surface area is 209 Å². The first-order valence-electron chi connectivity index (χ1n) is 11.3. The van der Waals surface area contributed by atoms with E-state index >= 15 is 0 Å². The number of rotatable bonds is 10. The molecule has 0 amide bonds. The molecule has 1 aliphatic carbocycles. The monoisotopic (exact) mass is 537 g/mol. The van der Waals surface area contributed by atoms with Gasteiger partial charge in [-0.2, -0.15) is 0 Å². The number of nitrogens with two attached hydrogens (primary N) is 1. The van der Waals surface area contributed by atoms with Crippen LogP contribution in [-0.4, -0.2) is 52.8 Å². The molecule has 14 heteroatoms. The number of aromatic nitrogens is 4. The molecule has 4 rings (SSSR count). The fourth-order valence-corrected chi connectivity index (χ4v) is 5.09. The molecular weight excluding hydrogens is 503 g/mol. The molecule has 9 nitrogen and oxygen atoms in total. The highest BCUT2D eigenvalue weighted by molar-refractivity contribution is 7.89. The maximum Gasteiger partial charge on any atom is 0.291 e. The van der Waals surface area contributed by atoms with Crippen molar-refractivity contribution in [3.8, 4) is 10.7 Å². The average Bonchev–Trinajstić information content (AvgIpc) is 3.21. The third-order valence-electron chi connectivity index (χ3n) is 5.37. The van der Waals surface area contributed by atoms with Crippen LogP contribution in [0.1, 0.15) is 60.7 Å². The molecule has 0 radical (unpaired) electrons. The Morgan fingerprint density at radius 2 is 1.97 bits per heavy atom. The van der Waals surface area contributed by atoms with Crippen molar-refractivity contribution < 1.29 is 24.4 Å². The molecule has 3 aromatic rings. The SMILES string of the molecule is CC1(NS(=O)(=O)c2cc(NC[C@H](N)CF)c3ncc(-c4nnc(C(F)F)s4)n3c2)CC1.CCCC.[HH].[HH]. The predicted octanol–water partition coefficient (Wildman–Crippen LogP) is 4.63. The summed E-state index contributed by atoms with van der Waals surface area (Å²) >= 11 is 0.687. The first-order chi connectivity index (χ1) is 16.5. The Kier molecular flexibility index (Phi) is 8.72. The van der Waals surface area contributed by atoms with Crippen molar-refractivity contribution in [3.63, 3.8) is 0 Å². The number of alkyl halides is 3. The summed E-state index contributed by atoms with van der Waals surface area (Å²) < 4.78 is 68.7. The highest BCUT2D eigenvalue weighted by Gasteiger charge is 2.41. The van der Waals surface area contributed by atoms with E-state index in [0.29, 0.717) is 28.4 Å². The second kappa shape index (κ2) is 11.2. The van der Waals surface area contributed by atoms with E-state index in [1.165, 1.54) is 35.7 Å². The number of nitrogens with one attached hydrogen (secondary N) is 2. The minimum absolute atomic E-state index is 0. The minimum atomic E-state index is -3.90. The second-order valence-electron chi connectivity index (χ2n) is 8.63. The van der Waals surface area contributed by atoms with Gasteiger partial charge in [0.05, 0.1) is 17.9 Å². The number of halogens is 3. The van der Waals surface area contributed by atoms with Crippen LogP contribution in [-0.2, 0) is 10.0 Å². The van der Waals surface area contributed by atoms with Crippen molar-refractivity contribution in [1.29, 1.82) is 0 Å². The standard InChI is InChI=1S/C17H20F3N7O2S2.C4H10.2H2/c1-17(2-3-17)26-31(28,29)10-4-11(22-6-9(21)5-18)14-23-7-12(27(14)8-10)15-24-25-16(30-15)13(19)20;1-3-4-2;;/h4,7-9,13,22,26H,2-3,5-6,21H2,1H3;3-4H2,1-2H3;2*1H/t9-;;;/m1.../s1. The summed E-state index contributed by atoms with van der Waals surface area (Å²) in [5, 5.41) is 9.88. The molecule has 0 aliphatic heterocycles. The number of pyridine rings is 1. The number of nitrogens with zero attached hydrogens (tertiary/aromatic N) is 4. The van der Waals surface area contributed by atoms with Gasteiger partial charge in [0.15, 0.2) is 15.7 Å². The van der Waals surface area contributed by atoms with Crippen LogP contribution in [0.3, 0.4) is 0 Å². The lowest BCUT2D eigenvalue weighted by atomic mass is 10.3. The van der Waals surface area contributed by atoms with E-state index in [9.17, 15) is 21.6 Å². The molecule has 0 unspecified atom stereocenters. The molecular formula is C21H34F3N7O2S2. The van der Waals surface area contributed by atoms with Gasteiger partial charge in [-0.25, -0.2) is 31.3 Å². The summed E-state index contributed by atoms with van der Waals surface area (Å²) in [4.78, 5) is 4.20. The Bertz CT molecular complexity index is 1250. The van der Waals surface area contributed by atoms with Crippen LogP contribution in [0.25, 0.3) is 16.3 Å². The van der Waals surface area contributed by atoms with Gasteiger partial charge in [0.1, 0.15) is 17.3 Å². The van der Waals surface area contributed by atoms with Crippen LogP contribution in [0.15, 0.2) is 23.4 Å². The van der Waals surface area contributed by atoms with E-state index in [1.54, 1.807) is 6.92 Å². The van der Waals surface area contributed by atoms with Crippen molar-refractivity contribution in [2.45, 2.75) is 69.4 Å². The van der Waals surface area contributed by atoms with E-state index in [0.717, 1.165) is 12.8 Å². The maximum atomic E-state index is 13.0. The van der Waals surface area contributed by atoms with Gasteiger partial charge >= 0.3 is 0 Å². The van der Waals surface area contributed by atoms with Crippen molar-refractivity contribution in [2.75, 3.05) is 18.5 Å². The van der Waals surface area contributed by atoms with Crippen LogP contribution in [0, 0.1) is 0 Å². The summed E-state index contributed by atoms with van der Waals surface area (Å²) in [5.41, 5.74) is 6.04. The van der Waals surface area contributed by atoms with Crippen LogP contribution < -0.4 is 15.8 Å². The quantitative estimate of drug-likeness (QED) is 0.344. The Balaban J connectivity index is 0.00000107. The first-order valence-corrected chi connectivity index (χ1v) is 13.6. The number of hydrogen-bond acceptors (Lipinski definition) is 8. The van der Waals surface area contributed by atoms with Crippen LogP contribution >= 0.6 is 11.3 Å². The predicted molar refractivity (Wildman–Crippen MR) is 134 cm³/mol. The Morgan fingerprint density at radius 1 is 1.29 bits per heavy atom. The molecule has 3 aromatic heterocycles. The van der Waals surface area contributed by atoms with Gasteiger partial charge in [-0.05, 0) is 25.8 Å². The van der Waals surface area contributed by atoms with E-state index in [2.05, 4.69) is 39.1 Å². The van der Waals surface area contributed by atoms with Crippen molar-refractivity contribution in [2.24, 2.45) is 5.73 Å². The lowest BCUT2D eigenvalue weighted by molar-refractivity contribution is 0.150. The molecule has 1 atom stereocenters. The third kappa shape index (κ3) is 6.68. The molecule has 0 aromatic carbocycles. The number of fused-ring (bicyclic) bond motifs is 1. The molecule has 1 fully saturated rings. The number of anilines is 1. The highest BCUT2D eigenvalue weighted by Crippen LogP contribution is 2.37. The normalized spacial score (nSPS) is 15.7. The molecule has 0 spiro atoms. The lowest BCUT2D eigenvalue weighted by Crippen LogP contribution is -2.34. The van der Waals surface area contributed by atoms with Crippen molar-refractivity contribution in [3.05, 3.63) is 23.5 Å². The maximum absolute atomic E-state index is 13.0. The number of hydrogen-bond donors (Lipinski definition) is 3. The largest absolute Gasteiger partial charge is 0.380 e. The minimum Gasteiger partial charge on any atom is -0.380 e. The fourth-order valence-electron chi connectivity index (χ4n) is 2.89. The van der Waals surface area contributed by atoms with Gasteiger partial charge in [0.25, 0.3) is 6.43 Å². The first kappa shape index (κ1) is 27.3. The second-order valence-corrected chi connectivity index (χ2v) is 11.3. The third-order valence-corrected chi connectivity index (χ3v) is 7.93. The lowest BCUT2D eigenvalue weighted by Gasteiger charge is -2.16. The van der Waals surface area contributed by atoms with Gasteiger partial charge in [0.2, 0.25) is 10.0 Å². The van der Waals surface area contributed by atoms with E-state index in [-0.39, 0.29) is 19.3 Å². The zero-order valence-electron chi connectivity index (χ0n) is 19.8. The molecule has 0 saturated heterocycles. The molecule has 3 heterocycles. The van der Waals surface area contributed by atoms with Gasteiger partial charge in [-0.3, -0.25) is 4.40 Å². The van der Waals surface area contributed by atoms with E-state index in [1.807, 2.05) is 0 Å². The van der Waals surface area contributed by atoms with Gasteiger partial charge < -0.3 is 11.1 Å². The highest BCUT2D eigenvalue weighted by atomic mass is 32.2. The molecule has 35 heavy (non-hydrogen) atoms. The van der Waals surface area contributed by atoms with Gasteiger partial charge in [0, 0.05) is 21.1 Å². The van der Waals surface area contributed by atoms with Crippen molar-refractivity contribution >= 4 is 32.7 Å². The number of unbranched alkanes of at least 4 members (excludes halogenated alkanes) is 1. The Morgan fingerprint density at radius 3 is 2.51 bits per heavy atom. The summed E-state index contributed by atoms with van der Waals surface area (Å²) in [6.07, 6.45) is 4.04. The smallest absolute Gasteiger partial charge is 0.291 e.